The Morgan fingerprint density at radius 1 is 1.25 bits per heavy atom. The average molecular weight is 223 g/mol. The minimum atomic E-state index is 0.661. The number of hydrogen-bond donors (Lipinski definition) is 1. The molecular formula is C12H21N3O. The van der Waals surface area contributed by atoms with Gasteiger partial charge in [0.05, 0.1) is 6.61 Å². The Morgan fingerprint density at radius 2 is 2.06 bits per heavy atom. The van der Waals surface area contributed by atoms with Crippen LogP contribution < -0.4 is 10.1 Å². The van der Waals surface area contributed by atoms with Crippen LogP contribution in [0.4, 0.5) is 5.82 Å². The van der Waals surface area contributed by atoms with Gasteiger partial charge < -0.3 is 10.1 Å². The molecule has 0 spiro atoms. The third-order valence-electron chi connectivity index (χ3n) is 2.32. The Balaban J connectivity index is 2.38. The third-order valence-corrected chi connectivity index (χ3v) is 2.32. The van der Waals surface area contributed by atoms with E-state index in [4.69, 9.17) is 4.74 Å². The van der Waals surface area contributed by atoms with E-state index in [0.29, 0.717) is 5.88 Å². The molecule has 0 amide bonds. The van der Waals surface area contributed by atoms with Crippen LogP contribution in [0.15, 0.2) is 6.07 Å². The van der Waals surface area contributed by atoms with Crippen LogP contribution in [-0.4, -0.2) is 23.6 Å². The van der Waals surface area contributed by atoms with Gasteiger partial charge >= 0.3 is 0 Å². The molecule has 4 heteroatoms. The van der Waals surface area contributed by atoms with Crippen molar-refractivity contribution < 1.29 is 4.74 Å². The van der Waals surface area contributed by atoms with Crippen molar-refractivity contribution in [2.45, 2.75) is 39.5 Å². The second-order valence-electron chi connectivity index (χ2n) is 3.80. The van der Waals surface area contributed by atoms with Crippen molar-refractivity contribution in [2.75, 3.05) is 19.0 Å². The summed E-state index contributed by atoms with van der Waals surface area (Å²) in [6, 6.07) is 1.83. The Hall–Kier alpha value is -1.32. The van der Waals surface area contributed by atoms with Gasteiger partial charge in [-0.25, -0.2) is 4.98 Å². The second kappa shape index (κ2) is 7.04. The van der Waals surface area contributed by atoms with E-state index >= 15 is 0 Å². The van der Waals surface area contributed by atoms with Crippen molar-refractivity contribution in [3.63, 3.8) is 0 Å². The summed E-state index contributed by atoms with van der Waals surface area (Å²) < 4.78 is 5.58. The van der Waals surface area contributed by atoms with Gasteiger partial charge in [-0.05, 0) is 13.3 Å². The molecular weight excluding hydrogens is 202 g/mol. The Labute approximate surface area is 97.5 Å². The van der Waals surface area contributed by atoms with Gasteiger partial charge in [-0.3, -0.25) is 0 Å². The van der Waals surface area contributed by atoms with Gasteiger partial charge in [-0.1, -0.05) is 26.2 Å². The molecule has 0 saturated carbocycles. The molecule has 90 valence electrons. The fourth-order valence-electron chi connectivity index (χ4n) is 1.45. The molecule has 0 aromatic carbocycles. The molecule has 1 aromatic heterocycles. The number of nitrogens with zero attached hydrogens (tertiary/aromatic N) is 2. The lowest BCUT2D eigenvalue weighted by atomic mass is 10.2. The number of aromatic nitrogens is 2. The van der Waals surface area contributed by atoms with Crippen LogP contribution in [0.2, 0.25) is 0 Å². The standard InChI is InChI=1S/C12H21N3O/c1-4-5-6-7-8-16-12-9-11(13-3)14-10(2)15-12/h9H,4-8H2,1-3H3,(H,13,14,15). The highest BCUT2D eigenvalue weighted by molar-refractivity contribution is 5.37. The van der Waals surface area contributed by atoms with Crippen LogP contribution in [0.1, 0.15) is 38.4 Å². The van der Waals surface area contributed by atoms with Crippen LogP contribution in [-0.2, 0) is 0 Å². The zero-order chi connectivity index (χ0) is 11.8. The summed E-state index contributed by atoms with van der Waals surface area (Å²) in [6.07, 6.45) is 4.83. The molecule has 1 heterocycles. The number of unbranched alkanes of at least 4 members (excludes halogenated alkanes) is 3. The maximum absolute atomic E-state index is 5.58. The highest BCUT2D eigenvalue weighted by Crippen LogP contribution is 2.13. The summed E-state index contributed by atoms with van der Waals surface area (Å²) in [6.45, 7) is 4.80. The number of ether oxygens (including phenoxy) is 1. The number of anilines is 1. The third kappa shape index (κ3) is 4.47. The van der Waals surface area contributed by atoms with Crippen molar-refractivity contribution in [1.29, 1.82) is 0 Å². The van der Waals surface area contributed by atoms with E-state index < -0.39 is 0 Å². The van der Waals surface area contributed by atoms with Gasteiger partial charge in [0, 0.05) is 13.1 Å². The first kappa shape index (κ1) is 12.7. The molecule has 0 atom stereocenters. The van der Waals surface area contributed by atoms with Gasteiger partial charge in [0.2, 0.25) is 5.88 Å². The second-order valence-corrected chi connectivity index (χ2v) is 3.80. The van der Waals surface area contributed by atoms with Gasteiger partial charge in [-0.15, -0.1) is 0 Å². The fourth-order valence-corrected chi connectivity index (χ4v) is 1.45. The molecule has 0 radical (unpaired) electrons. The van der Waals surface area contributed by atoms with E-state index in [2.05, 4.69) is 22.2 Å². The monoisotopic (exact) mass is 223 g/mol. The zero-order valence-corrected chi connectivity index (χ0v) is 10.4. The highest BCUT2D eigenvalue weighted by Gasteiger charge is 2.01. The lowest BCUT2D eigenvalue weighted by Gasteiger charge is -2.07. The van der Waals surface area contributed by atoms with Crippen LogP contribution >= 0.6 is 0 Å². The Kier molecular flexibility index (Phi) is 5.61. The van der Waals surface area contributed by atoms with Gasteiger partial charge in [0.1, 0.15) is 11.6 Å². The molecule has 1 rings (SSSR count). The first-order valence-electron chi connectivity index (χ1n) is 5.92. The zero-order valence-electron chi connectivity index (χ0n) is 10.4. The van der Waals surface area contributed by atoms with Crippen molar-refractivity contribution in [2.24, 2.45) is 0 Å². The molecule has 0 aliphatic heterocycles. The van der Waals surface area contributed by atoms with Gasteiger partial charge in [0.25, 0.3) is 0 Å². The number of hydrogen-bond acceptors (Lipinski definition) is 4. The Bertz CT molecular complexity index is 315. The van der Waals surface area contributed by atoms with E-state index in [-0.39, 0.29) is 0 Å². The van der Waals surface area contributed by atoms with E-state index in [1.165, 1.54) is 19.3 Å². The lowest BCUT2D eigenvalue weighted by molar-refractivity contribution is 0.293. The molecule has 1 aromatic rings. The van der Waals surface area contributed by atoms with Crippen molar-refractivity contribution in [1.82, 2.24) is 9.97 Å². The van der Waals surface area contributed by atoms with E-state index in [9.17, 15) is 0 Å². The van der Waals surface area contributed by atoms with E-state index in [1.807, 2.05) is 20.0 Å². The van der Waals surface area contributed by atoms with E-state index in [1.54, 1.807) is 0 Å². The van der Waals surface area contributed by atoms with Crippen molar-refractivity contribution in [3.8, 4) is 5.88 Å². The summed E-state index contributed by atoms with van der Waals surface area (Å²) in [5.74, 6) is 2.19. The largest absolute Gasteiger partial charge is 0.478 e. The maximum atomic E-state index is 5.58. The molecule has 0 unspecified atom stereocenters. The quantitative estimate of drug-likeness (QED) is 0.722. The van der Waals surface area contributed by atoms with E-state index in [0.717, 1.165) is 24.7 Å². The first-order valence-corrected chi connectivity index (χ1v) is 5.92. The van der Waals surface area contributed by atoms with Gasteiger partial charge in [-0.2, -0.15) is 4.98 Å². The summed E-state index contributed by atoms with van der Waals surface area (Å²) in [5.41, 5.74) is 0. The molecule has 4 nitrogen and oxygen atoms in total. The SMILES string of the molecule is CCCCCCOc1cc(NC)nc(C)n1. The normalized spacial score (nSPS) is 10.2. The van der Waals surface area contributed by atoms with Crippen molar-refractivity contribution >= 4 is 5.82 Å². The van der Waals surface area contributed by atoms with Gasteiger partial charge in [0.15, 0.2) is 0 Å². The first-order chi connectivity index (χ1) is 7.76. The molecule has 0 fully saturated rings. The summed E-state index contributed by atoms with van der Waals surface area (Å²) in [7, 11) is 1.84. The molecule has 0 bridgehead atoms. The minimum Gasteiger partial charge on any atom is -0.478 e. The van der Waals surface area contributed by atoms with Crippen LogP contribution in [0.3, 0.4) is 0 Å². The summed E-state index contributed by atoms with van der Waals surface area (Å²) in [4.78, 5) is 8.43. The molecule has 0 aliphatic carbocycles. The molecule has 16 heavy (non-hydrogen) atoms. The summed E-state index contributed by atoms with van der Waals surface area (Å²) >= 11 is 0. The Morgan fingerprint density at radius 3 is 2.75 bits per heavy atom. The lowest BCUT2D eigenvalue weighted by Crippen LogP contribution is -2.03. The average Bonchev–Trinajstić information content (AvgIpc) is 2.28. The fraction of sp³-hybridized carbons (Fsp3) is 0.667. The van der Waals surface area contributed by atoms with Crippen LogP contribution in [0.25, 0.3) is 0 Å². The molecule has 1 N–H and O–H groups in total. The smallest absolute Gasteiger partial charge is 0.218 e. The summed E-state index contributed by atoms with van der Waals surface area (Å²) in [5, 5.41) is 2.99. The van der Waals surface area contributed by atoms with Crippen LogP contribution in [0, 0.1) is 6.92 Å². The highest BCUT2D eigenvalue weighted by atomic mass is 16.5. The number of rotatable bonds is 7. The predicted octanol–water partition coefficient (Wildman–Crippen LogP) is 2.79. The van der Waals surface area contributed by atoms with Crippen LogP contribution in [0.5, 0.6) is 5.88 Å². The topological polar surface area (TPSA) is 47.0 Å². The van der Waals surface area contributed by atoms with Crippen molar-refractivity contribution in [3.05, 3.63) is 11.9 Å². The number of aryl methyl sites for hydroxylation is 1. The minimum absolute atomic E-state index is 0.661. The number of nitrogens with one attached hydrogen (secondary N) is 1. The molecule has 0 saturated heterocycles. The predicted molar refractivity (Wildman–Crippen MR) is 66.0 cm³/mol. The maximum Gasteiger partial charge on any atom is 0.218 e. The molecule has 0 aliphatic rings.